The van der Waals surface area contributed by atoms with Crippen LogP contribution in [0.5, 0.6) is 0 Å². The van der Waals surface area contributed by atoms with Gasteiger partial charge in [0.2, 0.25) is 11.8 Å². The molecule has 9 heteroatoms. The highest BCUT2D eigenvalue weighted by atomic mass is 16.2. The normalized spacial score (nSPS) is 11.2. The molecule has 0 aliphatic heterocycles. The maximum atomic E-state index is 12.3. The zero-order chi connectivity index (χ0) is 24.1. The Morgan fingerprint density at radius 1 is 1.03 bits per heavy atom. The molecule has 0 fully saturated rings. The van der Waals surface area contributed by atoms with Gasteiger partial charge in [-0.3, -0.25) is 14.4 Å². The van der Waals surface area contributed by atoms with E-state index in [-0.39, 0.29) is 5.91 Å². The van der Waals surface area contributed by atoms with Crippen LogP contribution in [0.25, 0.3) is 10.4 Å². The Morgan fingerprint density at radius 2 is 1.73 bits per heavy atom. The van der Waals surface area contributed by atoms with Gasteiger partial charge < -0.3 is 16.4 Å². The third-order valence-corrected chi connectivity index (χ3v) is 5.17. The minimum atomic E-state index is -0.806. The third-order valence-electron chi connectivity index (χ3n) is 5.17. The second-order valence-electron chi connectivity index (χ2n) is 7.85. The minimum Gasteiger partial charge on any atom is -0.368 e. The average Bonchev–Trinajstić information content (AvgIpc) is 2.80. The summed E-state index contributed by atoms with van der Waals surface area (Å²) in [5.74, 6) is -1.05. The molecule has 0 aliphatic rings. The number of nitrogens with zero attached hydrogens (tertiary/aromatic N) is 3. The summed E-state index contributed by atoms with van der Waals surface area (Å²) in [5.41, 5.74) is 17.0. The second kappa shape index (κ2) is 13.5. The molecule has 3 amide bonds. The standard InChI is InChI=1S/C24H30N6O3/c1-17-8-10-18(11-9-17)5-4-7-22(31)27-16-3-2-6-21(23(25)32)28-24(33)19-12-14-20(15-13-19)29-30-26/h8-15,21H,2-7,16H2,1H3,(H2,25,32)(H,27,31)(H,28,33)/t21-/m0/s1. The summed E-state index contributed by atoms with van der Waals surface area (Å²) in [6.45, 7) is 2.55. The summed E-state index contributed by atoms with van der Waals surface area (Å²) in [5, 5.41) is 8.96. The van der Waals surface area contributed by atoms with E-state index in [1.165, 1.54) is 35.4 Å². The average molecular weight is 451 g/mol. The van der Waals surface area contributed by atoms with E-state index in [9.17, 15) is 14.4 Å². The van der Waals surface area contributed by atoms with Gasteiger partial charge in [-0.1, -0.05) is 47.1 Å². The van der Waals surface area contributed by atoms with Gasteiger partial charge in [-0.25, -0.2) is 0 Å². The van der Waals surface area contributed by atoms with Crippen LogP contribution < -0.4 is 16.4 Å². The molecule has 0 bridgehead atoms. The molecule has 0 heterocycles. The number of amides is 3. The molecule has 0 saturated heterocycles. The number of nitrogens with one attached hydrogen (secondary N) is 2. The molecule has 174 valence electrons. The summed E-state index contributed by atoms with van der Waals surface area (Å²) in [4.78, 5) is 38.7. The van der Waals surface area contributed by atoms with E-state index in [2.05, 4.69) is 44.9 Å². The quantitative estimate of drug-likeness (QED) is 0.184. The zero-order valence-electron chi connectivity index (χ0n) is 18.8. The number of primary amides is 1. The number of benzene rings is 2. The SMILES string of the molecule is Cc1ccc(CCCC(=O)NCCCC[C@H](NC(=O)c2ccc(N=[N+]=[N-])cc2)C(N)=O)cc1. The van der Waals surface area contributed by atoms with Crippen molar-refractivity contribution < 1.29 is 14.4 Å². The summed E-state index contributed by atoms with van der Waals surface area (Å²) in [6, 6.07) is 13.5. The van der Waals surface area contributed by atoms with Crippen molar-refractivity contribution in [2.24, 2.45) is 10.8 Å². The van der Waals surface area contributed by atoms with Crippen LogP contribution >= 0.6 is 0 Å². The highest BCUT2D eigenvalue weighted by molar-refractivity contribution is 5.97. The van der Waals surface area contributed by atoms with E-state index < -0.39 is 17.9 Å². The first-order valence-corrected chi connectivity index (χ1v) is 11.0. The van der Waals surface area contributed by atoms with Gasteiger partial charge in [0, 0.05) is 29.1 Å². The molecule has 0 radical (unpaired) electrons. The maximum absolute atomic E-state index is 12.3. The Labute approximate surface area is 193 Å². The summed E-state index contributed by atoms with van der Waals surface area (Å²) in [7, 11) is 0. The van der Waals surface area contributed by atoms with Crippen LogP contribution in [-0.2, 0) is 16.0 Å². The number of carbonyl (C=O) groups is 3. The molecule has 33 heavy (non-hydrogen) atoms. The van der Waals surface area contributed by atoms with Crippen LogP contribution in [0.2, 0.25) is 0 Å². The van der Waals surface area contributed by atoms with Crippen molar-refractivity contribution in [3.63, 3.8) is 0 Å². The maximum Gasteiger partial charge on any atom is 0.251 e. The summed E-state index contributed by atoms with van der Waals surface area (Å²) in [6.07, 6.45) is 3.78. The van der Waals surface area contributed by atoms with Crippen LogP contribution in [0.4, 0.5) is 5.69 Å². The number of azide groups is 1. The summed E-state index contributed by atoms with van der Waals surface area (Å²) < 4.78 is 0. The zero-order valence-corrected chi connectivity index (χ0v) is 18.8. The van der Waals surface area contributed by atoms with E-state index in [0.29, 0.717) is 43.5 Å². The smallest absolute Gasteiger partial charge is 0.251 e. The first-order valence-electron chi connectivity index (χ1n) is 11.0. The minimum absolute atomic E-state index is 0.00560. The van der Waals surface area contributed by atoms with Crippen LogP contribution in [-0.4, -0.2) is 30.3 Å². The number of unbranched alkanes of at least 4 members (excludes halogenated alkanes) is 1. The fourth-order valence-electron chi connectivity index (χ4n) is 3.26. The van der Waals surface area contributed by atoms with E-state index in [1.54, 1.807) is 0 Å². The van der Waals surface area contributed by atoms with Gasteiger partial charge in [0.05, 0.1) is 0 Å². The topological polar surface area (TPSA) is 150 Å². The Balaban J connectivity index is 1.65. The Morgan fingerprint density at radius 3 is 2.36 bits per heavy atom. The van der Waals surface area contributed by atoms with Crippen molar-refractivity contribution in [2.45, 2.75) is 51.5 Å². The van der Waals surface area contributed by atoms with Crippen molar-refractivity contribution in [2.75, 3.05) is 6.54 Å². The van der Waals surface area contributed by atoms with E-state index in [4.69, 9.17) is 11.3 Å². The van der Waals surface area contributed by atoms with Crippen LogP contribution in [0.1, 0.15) is 53.6 Å². The van der Waals surface area contributed by atoms with Gasteiger partial charge in [0.25, 0.3) is 5.91 Å². The number of aryl methyl sites for hydroxylation is 2. The second-order valence-corrected chi connectivity index (χ2v) is 7.85. The number of carbonyl (C=O) groups excluding carboxylic acids is 3. The largest absolute Gasteiger partial charge is 0.368 e. The fraction of sp³-hybridized carbons (Fsp3) is 0.375. The fourth-order valence-corrected chi connectivity index (χ4v) is 3.26. The van der Waals surface area contributed by atoms with Crippen LogP contribution in [0.3, 0.4) is 0 Å². The molecule has 2 aromatic rings. The van der Waals surface area contributed by atoms with Crippen molar-refractivity contribution in [1.29, 1.82) is 0 Å². The molecule has 2 rings (SSSR count). The van der Waals surface area contributed by atoms with E-state index in [0.717, 1.165) is 12.8 Å². The lowest BCUT2D eigenvalue weighted by Gasteiger charge is -2.15. The molecule has 9 nitrogen and oxygen atoms in total. The van der Waals surface area contributed by atoms with Gasteiger partial charge in [0.15, 0.2) is 0 Å². The lowest BCUT2D eigenvalue weighted by molar-refractivity contribution is -0.121. The number of nitrogens with two attached hydrogens (primary N) is 1. The molecule has 2 aromatic carbocycles. The van der Waals surface area contributed by atoms with Crippen molar-refractivity contribution in [3.8, 4) is 0 Å². The first-order chi connectivity index (χ1) is 15.9. The van der Waals surface area contributed by atoms with Crippen LogP contribution in [0.15, 0.2) is 53.6 Å². The highest BCUT2D eigenvalue weighted by Crippen LogP contribution is 2.13. The van der Waals surface area contributed by atoms with Crippen molar-refractivity contribution in [1.82, 2.24) is 10.6 Å². The molecule has 0 aromatic heterocycles. The molecule has 0 unspecified atom stereocenters. The molecule has 4 N–H and O–H groups in total. The van der Waals surface area contributed by atoms with Crippen molar-refractivity contribution >= 4 is 23.4 Å². The van der Waals surface area contributed by atoms with Crippen LogP contribution in [0, 0.1) is 6.92 Å². The summed E-state index contributed by atoms with van der Waals surface area (Å²) >= 11 is 0. The highest BCUT2D eigenvalue weighted by Gasteiger charge is 2.18. The van der Waals surface area contributed by atoms with Gasteiger partial charge >= 0.3 is 0 Å². The first kappa shape index (κ1) is 25.4. The molecule has 0 saturated carbocycles. The molecular weight excluding hydrogens is 420 g/mol. The molecule has 0 spiro atoms. The third kappa shape index (κ3) is 9.45. The molecule has 0 aliphatic carbocycles. The molecular formula is C24H30N6O3. The number of hydrogen-bond donors (Lipinski definition) is 3. The number of rotatable bonds is 13. The molecule has 1 atom stereocenters. The van der Waals surface area contributed by atoms with E-state index >= 15 is 0 Å². The van der Waals surface area contributed by atoms with Gasteiger partial charge in [-0.2, -0.15) is 0 Å². The predicted molar refractivity (Wildman–Crippen MR) is 127 cm³/mol. The van der Waals surface area contributed by atoms with Crippen molar-refractivity contribution in [3.05, 3.63) is 75.7 Å². The van der Waals surface area contributed by atoms with E-state index in [1.807, 2.05) is 6.92 Å². The lowest BCUT2D eigenvalue weighted by Crippen LogP contribution is -2.44. The number of hydrogen-bond acceptors (Lipinski definition) is 4. The van der Waals surface area contributed by atoms with Gasteiger partial charge in [0.1, 0.15) is 6.04 Å². The predicted octanol–water partition coefficient (Wildman–Crippen LogP) is 3.83. The monoisotopic (exact) mass is 450 g/mol. The lowest BCUT2D eigenvalue weighted by atomic mass is 10.1. The van der Waals surface area contributed by atoms with Gasteiger partial charge in [-0.05, 0) is 62.3 Å². The Bertz CT molecular complexity index is 982. The Hall–Kier alpha value is -3.84. The Kier molecular flexibility index (Phi) is 10.4. The van der Waals surface area contributed by atoms with Gasteiger partial charge in [-0.15, -0.1) is 0 Å².